The predicted octanol–water partition coefficient (Wildman–Crippen LogP) is 3.66. The number of aromatic amines is 1. The Morgan fingerprint density at radius 1 is 1.18 bits per heavy atom. The minimum atomic E-state index is -0.0593. The second-order valence-corrected chi connectivity index (χ2v) is 6.08. The number of aliphatic hydroxyl groups excluding tert-OH is 1. The van der Waals surface area contributed by atoms with E-state index in [4.69, 9.17) is 5.73 Å². The third-order valence-electron chi connectivity index (χ3n) is 3.78. The fourth-order valence-electron chi connectivity index (χ4n) is 2.58. The van der Waals surface area contributed by atoms with E-state index in [-0.39, 0.29) is 6.61 Å². The van der Waals surface area contributed by atoms with E-state index in [0.717, 1.165) is 34.2 Å². The van der Waals surface area contributed by atoms with Crippen LogP contribution in [0.2, 0.25) is 0 Å². The van der Waals surface area contributed by atoms with Crippen LogP contribution in [-0.2, 0) is 13.0 Å². The molecule has 0 unspecified atom stereocenters. The van der Waals surface area contributed by atoms with Crippen LogP contribution in [0.1, 0.15) is 11.1 Å². The molecule has 0 radical (unpaired) electrons. The molecule has 3 rings (SSSR count). The number of hydrogen-bond acceptors (Lipinski definition) is 3. The molecule has 4 nitrogen and oxygen atoms in total. The number of nitrogens with two attached hydrogens (primary N) is 1. The smallest absolute Gasteiger partial charge is 0.0702 e. The van der Waals surface area contributed by atoms with Gasteiger partial charge in [0.25, 0.3) is 0 Å². The third kappa shape index (κ3) is 2.96. The van der Waals surface area contributed by atoms with Gasteiger partial charge in [0.05, 0.1) is 6.61 Å². The topological polar surface area (TPSA) is 74.1 Å². The van der Waals surface area contributed by atoms with E-state index in [1.807, 2.05) is 18.2 Å². The Morgan fingerprint density at radius 2 is 2.00 bits per heavy atom. The molecule has 0 fully saturated rings. The molecule has 1 aromatic heterocycles. The summed E-state index contributed by atoms with van der Waals surface area (Å²) in [5, 5.41) is 14.0. The van der Waals surface area contributed by atoms with Crippen LogP contribution in [0.4, 0.5) is 11.4 Å². The normalized spacial score (nSPS) is 11.0. The summed E-state index contributed by atoms with van der Waals surface area (Å²) >= 11 is 3.50. The molecule has 0 aliphatic rings. The number of para-hydroxylation sites is 1. The Labute approximate surface area is 137 Å². The molecule has 0 aliphatic heterocycles. The van der Waals surface area contributed by atoms with E-state index >= 15 is 0 Å². The number of hydrogen-bond donors (Lipinski definition) is 4. The van der Waals surface area contributed by atoms with Crippen LogP contribution in [0.3, 0.4) is 0 Å². The number of benzene rings is 2. The number of aliphatic hydroxyl groups is 1. The van der Waals surface area contributed by atoms with Gasteiger partial charge in [-0.05, 0) is 46.1 Å². The van der Waals surface area contributed by atoms with E-state index in [9.17, 15) is 5.11 Å². The van der Waals surface area contributed by atoms with Crippen molar-refractivity contribution >= 4 is 38.2 Å². The summed E-state index contributed by atoms with van der Waals surface area (Å²) < 4.78 is 0.904. The average Bonchev–Trinajstić information content (AvgIpc) is 2.93. The highest BCUT2D eigenvalue weighted by Gasteiger charge is 2.07. The highest BCUT2D eigenvalue weighted by Crippen LogP contribution is 2.28. The average molecular weight is 360 g/mol. The summed E-state index contributed by atoms with van der Waals surface area (Å²) in [6.45, 7) is 0.742. The van der Waals surface area contributed by atoms with Gasteiger partial charge >= 0.3 is 0 Å². The molecule has 0 saturated carbocycles. The summed E-state index contributed by atoms with van der Waals surface area (Å²) in [6.07, 6.45) is 2.97. The molecule has 0 spiro atoms. The number of nitrogens with one attached hydrogen (secondary N) is 2. The molecule has 0 aliphatic carbocycles. The molecule has 5 N–H and O–H groups in total. The molecule has 22 heavy (non-hydrogen) atoms. The third-order valence-corrected chi connectivity index (χ3v) is 4.44. The zero-order chi connectivity index (χ0) is 15.5. The van der Waals surface area contributed by atoms with Gasteiger partial charge in [-0.15, -0.1) is 0 Å². The fraction of sp³-hybridized carbons (Fsp3) is 0.176. The maximum absolute atomic E-state index is 9.30. The Morgan fingerprint density at radius 3 is 2.82 bits per heavy atom. The molecular weight excluding hydrogens is 342 g/mol. The first kappa shape index (κ1) is 14.9. The van der Waals surface area contributed by atoms with Crippen LogP contribution in [0, 0.1) is 0 Å². The number of nitrogen functional groups attached to an aromatic ring is 1. The fourth-order valence-corrected chi connectivity index (χ4v) is 3.08. The summed E-state index contributed by atoms with van der Waals surface area (Å²) in [4.78, 5) is 3.29. The maximum Gasteiger partial charge on any atom is 0.0702 e. The van der Waals surface area contributed by atoms with Crippen molar-refractivity contribution in [3.05, 3.63) is 58.2 Å². The van der Waals surface area contributed by atoms with E-state index in [1.165, 1.54) is 10.9 Å². The summed E-state index contributed by atoms with van der Waals surface area (Å²) in [7, 11) is 0. The Hall–Kier alpha value is -1.98. The zero-order valence-corrected chi connectivity index (χ0v) is 13.7. The number of fused-ring (bicyclic) bond motifs is 1. The summed E-state index contributed by atoms with van der Waals surface area (Å²) in [6, 6.07) is 12.0. The standard InChI is InChI=1S/C17H18BrN3O/c18-14-8-15(19)12(10-22)7-17(14)20-6-5-11-9-21-16-4-2-1-3-13(11)16/h1-4,7-9,20-22H,5-6,10,19H2. The lowest BCUT2D eigenvalue weighted by atomic mass is 10.1. The van der Waals surface area contributed by atoms with Gasteiger partial charge in [-0.1, -0.05) is 18.2 Å². The Bertz CT molecular complexity index is 798. The minimum absolute atomic E-state index is 0.0593. The molecular formula is C17H18BrN3O. The van der Waals surface area contributed by atoms with Gasteiger partial charge in [-0.3, -0.25) is 0 Å². The van der Waals surface area contributed by atoms with Crippen molar-refractivity contribution in [3.8, 4) is 0 Å². The van der Waals surface area contributed by atoms with Crippen LogP contribution in [0.25, 0.3) is 10.9 Å². The highest BCUT2D eigenvalue weighted by molar-refractivity contribution is 9.10. The van der Waals surface area contributed by atoms with Crippen LogP contribution in [0.15, 0.2) is 47.1 Å². The van der Waals surface area contributed by atoms with Gasteiger partial charge in [0.15, 0.2) is 0 Å². The zero-order valence-electron chi connectivity index (χ0n) is 12.1. The lowest BCUT2D eigenvalue weighted by Gasteiger charge is -2.12. The second kappa shape index (κ2) is 6.42. The highest BCUT2D eigenvalue weighted by atomic mass is 79.9. The van der Waals surface area contributed by atoms with E-state index in [0.29, 0.717) is 5.69 Å². The number of H-pyrrole nitrogens is 1. The molecule has 114 valence electrons. The van der Waals surface area contributed by atoms with Crippen molar-refractivity contribution < 1.29 is 5.11 Å². The Balaban J connectivity index is 1.71. The van der Waals surface area contributed by atoms with Crippen molar-refractivity contribution in [1.29, 1.82) is 0 Å². The summed E-state index contributed by atoms with van der Waals surface area (Å²) in [5.41, 5.74) is 10.6. The largest absolute Gasteiger partial charge is 0.398 e. The van der Waals surface area contributed by atoms with E-state index in [1.54, 1.807) is 0 Å². The van der Waals surface area contributed by atoms with Gasteiger partial charge in [0, 0.05) is 45.1 Å². The molecule has 0 saturated heterocycles. The molecule has 5 heteroatoms. The van der Waals surface area contributed by atoms with Crippen molar-refractivity contribution in [1.82, 2.24) is 4.98 Å². The van der Waals surface area contributed by atoms with Gasteiger partial charge in [0.1, 0.15) is 0 Å². The van der Waals surface area contributed by atoms with Crippen molar-refractivity contribution in [2.45, 2.75) is 13.0 Å². The monoisotopic (exact) mass is 359 g/mol. The first-order valence-electron chi connectivity index (χ1n) is 7.16. The maximum atomic E-state index is 9.30. The first-order chi connectivity index (χ1) is 10.7. The molecule has 0 bridgehead atoms. The van der Waals surface area contributed by atoms with Gasteiger partial charge in [-0.25, -0.2) is 0 Å². The lowest BCUT2D eigenvalue weighted by molar-refractivity contribution is 0.282. The SMILES string of the molecule is Nc1cc(Br)c(NCCc2c[nH]c3ccccc23)cc1CO. The second-order valence-electron chi connectivity index (χ2n) is 5.23. The van der Waals surface area contributed by atoms with Crippen molar-refractivity contribution in [2.75, 3.05) is 17.6 Å². The quantitative estimate of drug-likeness (QED) is 0.525. The summed E-state index contributed by atoms with van der Waals surface area (Å²) in [5.74, 6) is 0. The van der Waals surface area contributed by atoms with Crippen LogP contribution >= 0.6 is 15.9 Å². The van der Waals surface area contributed by atoms with Crippen molar-refractivity contribution in [3.63, 3.8) is 0 Å². The first-order valence-corrected chi connectivity index (χ1v) is 7.96. The number of rotatable bonds is 5. The van der Waals surface area contributed by atoms with Crippen LogP contribution in [-0.4, -0.2) is 16.6 Å². The molecule has 2 aromatic carbocycles. The van der Waals surface area contributed by atoms with Crippen molar-refractivity contribution in [2.24, 2.45) is 0 Å². The van der Waals surface area contributed by atoms with Gasteiger partial charge < -0.3 is 21.1 Å². The Kier molecular flexibility index (Phi) is 4.36. The molecule has 0 amide bonds. The molecule has 1 heterocycles. The van der Waals surface area contributed by atoms with E-state index < -0.39 is 0 Å². The number of anilines is 2. The van der Waals surface area contributed by atoms with Gasteiger partial charge in [0.2, 0.25) is 0 Å². The minimum Gasteiger partial charge on any atom is -0.398 e. The predicted molar refractivity (Wildman–Crippen MR) is 95.0 cm³/mol. The van der Waals surface area contributed by atoms with Crippen LogP contribution in [0.5, 0.6) is 0 Å². The number of halogens is 1. The van der Waals surface area contributed by atoms with Crippen LogP contribution < -0.4 is 11.1 Å². The van der Waals surface area contributed by atoms with Gasteiger partial charge in [-0.2, -0.15) is 0 Å². The lowest BCUT2D eigenvalue weighted by Crippen LogP contribution is -2.06. The van der Waals surface area contributed by atoms with E-state index in [2.05, 4.69) is 50.6 Å². The molecule has 3 aromatic rings. The number of aromatic nitrogens is 1. The molecule has 0 atom stereocenters.